The summed E-state index contributed by atoms with van der Waals surface area (Å²) in [6, 6.07) is 1.76. The monoisotopic (exact) mass is 420 g/mol. The van der Waals surface area contributed by atoms with E-state index in [1.165, 1.54) is 6.08 Å². The number of unbranched alkanes of at least 4 members (excludes halogenated alkanes) is 1. The van der Waals surface area contributed by atoms with Crippen molar-refractivity contribution >= 4 is 43.9 Å². The first kappa shape index (κ1) is 18.0. The summed E-state index contributed by atoms with van der Waals surface area (Å²) in [5.74, 6) is 0.220. The predicted octanol–water partition coefficient (Wildman–Crippen LogP) is 4.89. The molecule has 0 aliphatic rings. The molecule has 0 fully saturated rings. The van der Waals surface area contributed by atoms with Crippen molar-refractivity contribution in [2.24, 2.45) is 0 Å². The molecular weight excluding hydrogens is 404 g/mol. The third-order valence-electron chi connectivity index (χ3n) is 2.61. The molecule has 0 saturated carbocycles. The fourth-order valence-electron chi connectivity index (χ4n) is 1.60. The molecule has 1 rings (SSSR count). The van der Waals surface area contributed by atoms with Gasteiger partial charge < -0.3 is 14.6 Å². The summed E-state index contributed by atoms with van der Waals surface area (Å²) in [4.78, 5) is 10.7. The average molecular weight is 422 g/mol. The maximum atomic E-state index is 10.7. The molecule has 21 heavy (non-hydrogen) atoms. The molecule has 0 aliphatic heterocycles. The van der Waals surface area contributed by atoms with Crippen molar-refractivity contribution in [2.75, 3.05) is 13.2 Å². The van der Waals surface area contributed by atoms with Gasteiger partial charge in [-0.15, -0.1) is 0 Å². The van der Waals surface area contributed by atoms with Crippen molar-refractivity contribution in [3.63, 3.8) is 0 Å². The van der Waals surface area contributed by atoms with Gasteiger partial charge in [-0.2, -0.15) is 0 Å². The van der Waals surface area contributed by atoms with Gasteiger partial charge in [0.2, 0.25) is 0 Å². The van der Waals surface area contributed by atoms with Crippen LogP contribution < -0.4 is 9.47 Å². The van der Waals surface area contributed by atoms with Gasteiger partial charge in [-0.25, -0.2) is 4.79 Å². The number of ether oxygens (including phenoxy) is 2. The van der Waals surface area contributed by atoms with Crippen LogP contribution in [-0.2, 0) is 4.79 Å². The van der Waals surface area contributed by atoms with Gasteiger partial charge in [-0.05, 0) is 62.9 Å². The number of carbonyl (C=O) groups is 1. The lowest BCUT2D eigenvalue weighted by Crippen LogP contribution is -2.02. The molecule has 0 spiro atoms. The molecule has 0 unspecified atom stereocenters. The predicted molar refractivity (Wildman–Crippen MR) is 90.1 cm³/mol. The molecule has 0 amide bonds. The van der Waals surface area contributed by atoms with Crippen LogP contribution in [0, 0.1) is 0 Å². The number of carboxylic acids is 1. The van der Waals surface area contributed by atoms with E-state index in [1.54, 1.807) is 6.07 Å². The van der Waals surface area contributed by atoms with E-state index in [0.717, 1.165) is 27.9 Å². The lowest BCUT2D eigenvalue weighted by atomic mass is 10.2. The molecular formula is C15H18Br2O4. The molecule has 6 heteroatoms. The Kier molecular flexibility index (Phi) is 7.82. The van der Waals surface area contributed by atoms with Crippen LogP contribution in [0.5, 0.6) is 11.5 Å². The SMILES string of the molecule is CCCCOc1c(OCC)cc(C=CC(=O)O)c(Br)c1Br. The molecule has 0 radical (unpaired) electrons. The van der Waals surface area contributed by atoms with Gasteiger partial charge in [0, 0.05) is 10.5 Å². The number of rotatable bonds is 8. The zero-order valence-electron chi connectivity index (χ0n) is 12.0. The maximum Gasteiger partial charge on any atom is 0.328 e. The van der Waals surface area contributed by atoms with Crippen molar-refractivity contribution in [3.8, 4) is 11.5 Å². The molecule has 1 aromatic rings. The maximum absolute atomic E-state index is 10.7. The van der Waals surface area contributed by atoms with E-state index >= 15 is 0 Å². The van der Waals surface area contributed by atoms with Gasteiger partial charge in [-0.1, -0.05) is 13.3 Å². The zero-order chi connectivity index (χ0) is 15.8. The summed E-state index contributed by atoms with van der Waals surface area (Å²) >= 11 is 6.93. The van der Waals surface area contributed by atoms with Crippen LogP contribution >= 0.6 is 31.9 Å². The molecule has 1 aromatic carbocycles. The standard InChI is InChI=1S/C15H18Br2O4/c1-3-5-8-21-15-11(20-4-2)9-10(6-7-12(18)19)13(16)14(15)17/h6-7,9H,3-5,8H2,1-2H3,(H,18,19). The van der Waals surface area contributed by atoms with E-state index in [2.05, 4.69) is 38.8 Å². The molecule has 0 atom stereocenters. The highest BCUT2D eigenvalue weighted by molar-refractivity contribution is 9.13. The Morgan fingerprint density at radius 3 is 2.57 bits per heavy atom. The van der Waals surface area contributed by atoms with Crippen LogP contribution in [0.15, 0.2) is 21.1 Å². The number of benzene rings is 1. The highest BCUT2D eigenvalue weighted by Gasteiger charge is 2.16. The average Bonchev–Trinajstić information content (AvgIpc) is 2.44. The van der Waals surface area contributed by atoms with Crippen molar-refractivity contribution in [2.45, 2.75) is 26.7 Å². The highest BCUT2D eigenvalue weighted by Crippen LogP contribution is 2.43. The molecule has 4 nitrogen and oxygen atoms in total. The molecule has 0 aromatic heterocycles. The lowest BCUT2D eigenvalue weighted by molar-refractivity contribution is -0.131. The summed E-state index contributed by atoms with van der Waals surface area (Å²) in [7, 11) is 0. The summed E-state index contributed by atoms with van der Waals surface area (Å²) in [6.07, 6.45) is 4.59. The fraction of sp³-hybridized carbons (Fsp3) is 0.400. The Balaban J connectivity index is 3.18. The minimum absolute atomic E-state index is 0.500. The van der Waals surface area contributed by atoms with Crippen molar-refractivity contribution in [1.29, 1.82) is 0 Å². The van der Waals surface area contributed by atoms with E-state index in [1.807, 2.05) is 6.92 Å². The topological polar surface area (TPSA) is 55.8 Å². The number of hydrogen-bond donors (Lipinski definition) is 1. The van der Waals surface area contributed by atoms with E-state index in [9.17, 15) is 4.79 Å². The molecule has 0 aliphatic carbocycles. The first-order chi connectivity index (χ1) is 10.0. The third kappa shape index (κ3) is 5.36. The van der Waals surface area contributed by atoms with Gasteiger partial charge in [0.15, 0.2) is 11.5 Å². The van der Waals surface area contributed by atoms with Crippen LogP contribution in [0.1, 0.15) is 32.3 Å². The number of carboxylic acid groups (broad SMARTS) is 1. The Morgan fingerprint density at radius 1 is 1.29 bits per heavy atom. The van der Waals surface area contributed by atoms with Gasteiger partial charge >= 0.3 is 5.97 Å². The van der Waals surface area contributed by atoms with Crippen LogP contribution in [0.2, 0.25) is 0 Å². The van der Waals surface area contributed by atoms with Crippen molar-refractivity contribution in [3.05, 3.63) is 26.7 Å². The van der Waals surface area contributed by atoms with Gasteiger partial charge in [0.1, 0.15) is 0 Å². The first-order valence-electron chi connectivity index (χ1n) is 6.69. The summed E-state index contributed by atoms with van der Waals surface area (Å²) in [5.41, 5.74) is 0.704. The van der Waals surface area contributed by atoms with E-state index < -0.39 is 5.97 Å². The largest absolute Gasteiger partial charge is 0.490 e. The quantitative estimate of drug-likeness (QED) is 0.479. The third-order valence-corrected chi connectivity index (χ3v) is 4.75. The van der Waals surface area contributed by atoms with E-state index in [-0.39, 0.29) is 0 Å². The molecule has 0 bridgehead atoms. The Labute approximate surface area is 141 Å². The molecule has 0 saturated heterocycles. The first-order valence-corrected chi connectivity index (χ1v) is 8.28. The number of hydrogen-bond acceptors (Lipinski definition) is 3. The lowest BCUT2D eigenvalue weighted by Gasteiger charge is -2.16. The Hall–Kier alpha value is -1.01. The summed E-state index contributed by atoms with van der Waals surface area (Å²) < 4.78 is 12.8. The second-order valence-corrected chi connectivity index (χ2v) is 5.81. The zero-order valence-corrected chi connectivity index (χ0v) is 15.2. The summed E-state index contributed by atoms with van der Waals surface area (Å²) in [5, 5.41) is 8.74. The van der Waals surface area contributed by atoms with Gasteiger partial charge in [0.05, 0.1) is 17.7 Å². The van der Waals surface area contributed by atoms with E-state index in [4.69, 9.17) is 14.6 Å². The van der Waals surface area contributed by atoms with Crippen LogP contribution in [0.25, 0.3) is 6.08 Å². The van der Waals surface area contributed by atoms with E-state index in [0.29, 0.717) is 30.3 Å². The second-order valence-electron chi connectivity index (χ2n) is 4.23. The minimum Gasteiger partial charge on any atom is -0.490 e. The van der Waals surface area contributed by atoms with Crippen LogP contribution in [-0.4, -0.2) is 24.3 Å². The molecule has 116 valence electrons. The Bertz CT molecular complexity index is 527. The Morgan fingerprint density at radius 2 is 2.00 bits per heavy atom. The smallest absolute Gasteiger partial charge is 0.328 e. The number of halogens is 2. The van der Waals surface area contributed by atoms with Crippen molar-refractivity contribution in [1.82, 2.24) is 0 Å². The second kappa shape index (κ2) is 9.10. The minimum atomic E-state index is -1.00. The number of aliphatic carboxylic acids is 1. The molecule has 1 N–H and O–H groups in total. The molecule has 0 heterocycles. The van der Waals surface area contributed by atoms with Crippen LogP contribution in [0.4, 0.5) is 0 Å². The highest BCUT2D eigenvalue weighted by atomic mass is 79.9. The fourth-order valence-corrected chi connectivity index (χ4v) is 2.57. The van der Waals surface area contributed by atoms with Gasteiger partial charge in [0.25, 0.3) is 0 Å². The summed E-state index contributed by atoms with van der Waals surface area (Å²) in [6.45, 7) is 5.09. The normalized spacial score (nSPS) is 10.9. The van der Waals surface area contributed by atoms with Gasteiger partial charge in [-0.3, -0.25) is 0 Å². The van der Waals surface area contributed by atoms with Crippen molar-refractivity contribution < 1.29 is 19.4 Å². The van der Waals surface area contributed by atoms with Crippen LogP contribution in [0.3, 0.4) is 0 Å².